The molecule has 0 aliphatic rings. The van der Waals surface area contributed by atoms with Gasteiger partial charge in [0.1, 0.15) is 13.1 Å². The molecule has 0 bridgehead atoms. The molecule has 0 fully saturated rings. The van der Waals surface area contributed by atoms with Crippen molar-refractivity contribution in [1.29, 1.82) is 0 Å². The first-order valence-electron chi connectivity index (χ1n) is 8.83. The highest BCUT2D eigenvalue weighted by atomic mass is 15.0. The van der Waals surface area contributed by atoms with Gasteiger partial charge < -0.3 is 0 Å². The van der Waals surface area contributed by atoms with Crippen molar-refractivity contribution in [3.8, 4) is 11.3 Å². The van der Waals surface area contributed by atoms with E-state index in [0.29, 0.717) is 0 Å². The molecule has 0 unspecified atom stereocenters. The minimum atomic E-state index is 1.11. The maximum absolute atomic E-state index is 2.38. The highest BCUT2D eigenvalue weighted by molar-refractivity contribution is 5.54. The van der Waals surface area contributed by atoms with Gasteiger partial charge in [-0.1, -0.05) is 26.7 Å². The fraction of sp³-hybridized carbons (Fsp3) is 0.500. The quantitative estimate of drug-likeness (QED) is 0.481. The first-order valence-corrected chi connectivity index (χ1v) is 8.83. The first-order chi connectivity index (χ1) is 10.8. The number of hydrogen-bond donors (Lipinski definition) is 0. The third kappa shape index (κ3) is 4.94. The van der Waals surface area contributed by atoms with Crippen molar-refractivity contribution in [1.82, 2.24) is 0 Å². The number of aromatic nitrogens is 2. The molecule has 0 atom stereocenters. The number of aryl methyl sites for hydroxylation is 2. The van der Waals surface area contributed by atoms with E-state index in [1.54, 1.807) is 0 Å². The second kappa shape index (κ2) is 9.34. The van der Waals surface area contributed by atoms with Crippen LogP contribution in [-0.4, -0.2) is 0 Å². The molecular formula is C20H30N2+2. The minimum absolute atomic E-state index is 1.11. The van der Waals surface area contributed by atoms with Crippen molar-refractivity contribution in [2.45, 2.75) is 65.5 Å². The second-order valence-electron chi connectivity index (χ2n) is 6.02. The molecule has 0 saturated heterocycles. The lowest BCUT2D eigenvalue weighted by Crippen LogP contribution is -2.36. The van der Waals surface area contributed by atoms with Crippen molar-refractivity contribution in [3.05, 3.63) is 48.9 Å². The van der Waals surface area contributed by atoms with E-state index < -0.39 is 0 Å². The summed E-state index contributed by atoms with van der Waals surface area (Å²) in [5.74, 6) is 0. The molecule has 0 aromatic carbocycles. The maximum atomic E-state index is 2.38. The lowest BCUT2D eigenvalue weighted by atomic mass is 10.1. The van der Waals surface area contributed by atoms with E-state index >= 15 is 0 Å². The summed E-state index contributed by atoms with van der Waals surface area (Å²) in [6, 6.07) is 11.0. The van der Waals surface area contributed by atoms with Gasteiger partial charge in [-0.15, -0.1) is 0 Å². The molecule has 2 nitrogen and oxygen atoms in total. The zero-order chi connectivity index (χ0) is 15.6. The molecule has 2 aromatic rings. The predicted octanol–water partition coefficient (Wildman–Crippen LogP) is 4.31. The molecule has 2 heterocycles. The Morgan fingerprint density at radius 3 is 2.09 bits per heavy atom. The van der Waals surface area contributed by atoms with E-state index in [4.69, 9.17) is 0 Å². The number of hydrogen-bond acceptors (Lipinski definition) is 0. The van der Waals surface area contributed by atoms with Crippen molar-refractivity contribution in [3.63, 3.8) is 0 Å². The zero-order valence-electron chi connectivity index (χ0n) is 14.2. The molecule has 0 spiro atoms. The van der Waals surface area contributed by atoms with Gasteiger partial charge in [0.2, 0.25) is 5.69 Å². The van der Waals surface area contributed by atoms with Crippen LogP contribution in [0.15, 0.2) is 48.9 Å². The van der Waals surface area contributed by atoms with E-state index in [2.05, 4.69) is 71.9 Å². The number of pyridine rings is 2. The summed E-state index contributed by atoms with van der Waals surface area (Å²) in [4.78, 5) is 0. The summed E-state index contributed by atoms with van der Waals surface area (Å²) in [5.41, 5.74) is 2.63. The van der Waals surface area contributed by atoms with Crippen LogP contribution in [-0.2, 0) is 13.1 Å². The summed E-state index contributed by atoms with van der Waals surface area (Å²) >= 11 is 0. The highest BCUT2D eigenvalue weighted by Crippen LogP contribution is 2.13. The summed E-state index contributed by atoms with van der Waals surface area (Å²) in [7, 11) is 0. The fourth-order valence-corrected chi connectivity index (χ4v) is 2.79. The molecule has 0 aliphatic heterocycles. The van der Waals surface area contributed by atoms with Crippen molar-refractivity contribution in [2.24, 2.45) is 0 Å². The third-order valence-corrected chi connectivity index (χ3v) is 4.15. The Labute approximate surface area is 135 Å². The van der Waals surface area contributed by atoms with Crippen LogP contribution in [0.2, 0.25) is 0 Å². The smallest absolute Gasteiger partial charge is 0.205 e. The van der Waals surface area contributed by atoms with Crippen LogP contribution < -0.4 is 9.13 Å². The fourth-order valence-electron chi connectivity index (χ4n) is 2.79. The Kier molecular flexibility index (Phi) is 7.08. The van der Waals surface area contributed by atoms with Gasteiger partial charge in [0, 0.05) is 37.1 Å². The van der Waals surface area contributed by atoms with Gasteiger partial charge in [-0.25, -0.2) is 4.57 Å². The molecule has 118 valence electrons. The van der Waals surface area contributed by atoms with Crippen LogP contribution >= 0.6 is 0 Å². The SMILES string of the molecule is CCCCC[n+]1ccc(-c2cccc[n+]2CCCCC)cc1. The molecule has 2 heteroatoms. The number of rotatable bonds is 9. The normalized spacial score (nSPS) is 10.8. The van der Waals surface area contributed by atoms with Crippen molar-refractivity contribution >= 4 is 0 Å². The van der Waals surface area contributed by atoms with E-state index in [0.717, 1.165) is 13.1 Å². The van der Waals surface area contributed by atoms with Gasteiger partial charge in [0.05, 0.1) is 5.56 Å². The Bertz CT molecular complexity index is 546. The van der Waals surface area contributed by atoms with Crippen LogP contribution in [0, 0.1) is 0 Å². The molecular weight excluding hydrogens is 268 g/mol. The van der Waals surface area contributed by atoms with Crippen LogP contribution in [0.5, 0.6) is 0 Å². The average Bonchev–Trinajstić information content (AvgIpc) is 2.57. The standard InChI is InChI=1S/C20H30N2/c1-3-5-8-14-21-17-12-19(13-18-21)20-11-7-10-16-22(20)15-9-6-4-2/h7,10-13,16-18H,3-6,8-9,14-15H2,1-2H3/q+2. The van der Waals surface area contributed by atoms with Gasteiger partial charge in [-0.3, -0.25) is 0 Å². The van der Waals surface area contributed by atoms with Gasteiger partial charge in [0.15, 0.2) is 18.6 Å². The molecule has 0 aliphatic carbocycles. The van der Waals surface area contributed by atoms with Crippen LogP contribution in [0.1, 0.15) is 52.4 Å². The maximum Gasteiger partial charge on any atom is 0.212 e. The average molecular weight is 298 g/mol. The molecule has 0 N–H and O–H groups in total. The molecule has 2 aromatic heterocycles. The minimum Gasteiger partial charge on any atom is -0.205 e. The zero-order valence-corrected chi connectivity index (χ0v) is 14.2. The van der Waals surface area contributed by atoms with Crippen LogP contribution in [0.4, 0.5) is 0 Å². The van der Waals surface area contributed by atoms with Crippen LogP contribution in [0.3, 0.4) is 0 Å². The lowest BCUT2D eigenvalue weighted by molar-refractivity contribution is -0.698. The number of unbranched alkanes of at least 4 members (excludes halogenated alkanes) is 4. The molecule has 0 saturated carbocycles. The van der Waals surface area contributed by atoms with E-state index in [1.165, 1.54) is 49.8 Å². The molecule has 0 amide bonds. The molecule has 22 heavy (non-hydrogen) atoms. The first kappa shape index (κ1) is 16.7. The van der Waals surface area contributed by atoms with Gasteiger partial charge in [-0.2, -0.15) is 4.57 Å². The molecule has 2 rings (SSSR count). The van der Waals surface area contributed by atoms with E-state index in [9.17, 15) is 0 Å². The van der Waals surface area contributed by atoms with Gasteiger partial charge in [-0.05, 0) is 18.9 Å². The topological polar surface area (TPSA) is 7.76 Å². The Balaban J connectivity index is 2.07. The van der Waals surface area contributed by atoms with Gasteiger partial charge in [0.25, 0.3) is 0 Å². The lowest BCUT2D eigenvalue weighted by Gasteiger charge is -2.04. The Hall–Kier alpha value is -1.70. The van der Waals surface area contributed by atoms with E-state index in [-0.39, 0.29) is 0 Å². The largest absolute Gasteiger partial charge is 0.212 e. The molecule has 0 radical (unpaired) electrons. The van der Waals surface area contributed by atoms with E-state index in [1.807, 2.05) is 0 Å². The van der Waals surface area contributed by atoms with Crippen LogP contribution in [0.25, 0.3) is 11.3 Å². The predicted molar refractivity (Wildman–Crippen MR) is 91.3 cm³/mol. The highest BCUT2D eigenvalue weighted by Gasteiger charge is 2.13. The summed E-state index contributed by atoms with van der Waals surface area (Å²) in [5, 5.41) is 0. The monoisotopic (exact) mass is 298 g/mol. The van der Waals surface area contributed by atoms with Gasteiger partial charge >= 0.3 is 0 Å². The Morgan fingerprint density at radius 2 is 1.41 bits per heavy atom. The number of nitrogens with zero attached hydrogens (tertiary/aromatic N) is 2. The Morgan fingerprint density at radius 1 is 0.727 bits per heavy atom. The third-order valence-electron chi connectivity index (χ3n) is 4.15. The van der Waals surface area contributed by atoms with Crippen molar-refractivity contribution < 1.29 is 9.13 Å². The van der Waals surface area contributed by atoms with Crippen molar-refractivity contribution in [2.75, 3.05) is 0 Å². The summed E-state index contributed by atoms with van der Waals surface area (Å²) in [6.07, 6.45) is 14.3. The second-order valence-corrected chi connectivity index (χ2v) is 6.02. The summed E-state index contributed by atoms with van der Waals surface area (Å²) < 4.78 is 4.68. The summed E-state index contributed by atoms with van der Waals surface area (Å²) in [6.45, 7) is 6.74.